The van der Waals surface area contributed by atoms with Crippen LogP contribution in [0.25, 0.3) is 0 Å². The second-order valence-electron chi connectivity index (χ2n) is 4.14. The molecule has 0 aliphatic carbocycles. The average molecular weight is 334 g/mol. The molecule has 0 aromatic rings. The second-order valence-corrected chi connectivity index (χ2v) is 4.14. The van der Waals surface area contributed by atoms with Gasteiger partial charge in [-0.25, -0.2) is 13.7 Å². The summed E-state index contributed by atoms with van der Waals surface area (Å²) in [5.74, 6) is -8.51. The molecule has 0 saturated carbocycles. The predicted molar refractivity (Wildman–Crippen MR) is 49.4 cm³/mol. The number of piperazine rings is 1. The van der Waals surface area contributed by atoms with Crippen LogP contribution < -0.4 is 0 Å². The summed E-state index contributed by atoms with van der Waals surface area (Å²) in [6.45, 7) is -4.66. The SMILES string of the molecule is FC(F)=C(F)C(F)(N1CCN(C(F)(F)F)CC1)C(F)(F)F. The number of nitrogens with zero attached hydrogens (tertiary/aromatic N) is 2. The molecule has 1 saturated heterocycles. The first kappa shape index (κ1) is 18.0. The van der Waals surface area contributed by atoms with Crippen molar-refractivity contribution in [3.8, 4) is 0 Å². The first-order valence-corrected chi connectivity index (χ1v) is 5.35. The minimum absolute atomic E-state index is 0.228. The molecule has 2 nitrogen and oxygen atoms in total. The van der Waals surface area contributed by atoms with Crippen LogP contribution in [-0.4, -0.2) is 54.2 Å². The quantitative estimate of drug-likeness (QED) is 0.564. The molecule has 1 atom stereocenters. The Balaban J connectivity index is 3.03. The summed E-state index contributed by atoms with van der Waals surface area (Å²) in [6.07, 6.45) is -14.4. The third-order valence-corrected chi connectivity index (χ3v) is 2.91. The Hall–Kier alpha value is -1.04. The summed E-state index contributed by atoms with van der Waals surface area (Å²) in [7, 11) is 0. The summed E-state index contributed by atoms with van der Waals surface area (Å²) in [5, 5.41) is 0. The highest BCUT2D eigenvalue weighted by Crippen LogP contribution is 2.45. The summed E-state index contributed by atoms with van der Waals surface area (Å²) in [5.41, 5.74) is 0. The highest BCUT2D eigenvalue weighted by molar-refractivity contribution is 5.14. The van der Waals surface area contributed by atoms with Crippen molar-refractivity contribution in [1.82, 2.24) is 9.80 Å². The molecule has 1 unspecified atom stereocenters. The zero-order valence-electron chi connectivity index (χ0n) is 10.0. The lowest BCUT2D eigenvalue weighted by molar-refractivity contribution is -0.294. The first-order valence-electron chi connectivity index (χ1n) is 5.35. The van der Waals surface area contributed by atoms with Crippen molar-refractivity contribution in [2.24, 2.45) is 0 Å². The third kappa shape index (κ3) is 3.42. The van der Waals surface area contributed by atoms with Gasteiger partial charge in [-0.05, 0) is 0 Å². The summed E-state index contributed by atoms with van der Waals surface area (Å²) >= 11 is 0. The van der Waals surface area contributed by atoms with E-state index in [-0.39, 0.29) is 4.90 Å². The molecule has 21 heavy (non-hydrogen) atoms. The lowest BCUT2D eigenvalue weighted by Crippen LogP contribution is -2.63. The van der Waals surface area contributed by atoms with E-state index in [1.807, 2.05) is 0 Å². The normalized spacial score (nSPS) is 22.0. The Kier molecular flexibility index (Phi) is 4.83. The smallest absolute Gasteiger partial charge is 0.255 e. The van der Waals surface area contributed by atoms with Gasteiger partial charge in [0.05, 0.1) is 0 Å². The number of hydrogen-bond acceptors (Lipinski definition) is 2. The third-order valence-electron chi connectivity index (χ3n) is 2.91. The van der Waals surface area contributed by atoms with Gasteiger partial charge in [-0.15, -0.1) is 0 Å². The Morgan fingerprint density at radius 1 is 0.667 bits per heavy atom. The van der Waals surface area contributed by atoms with Crippen LogP contribution in [0.2, 0.25) is 0 Å². The standard InChI is InChI=1S/C9H8F10N2/c10-5(6(11)12)7(13,8(14,15)16)20-1-3-21(4-2-20)9(17,18)19/h1-4H2. The second kappa shape index (κ2) is 5.63. The molecule has 0 amide bonds. The van der Waals surface area contributed by atoms with Gasteiger partial charge < -0.3 is 0 Å². The molecule has 1 aliphatic heterocycles. The van der Waals surface area contributed by atoms with Gasteiger partial charge in [0.25, 0.3) is 0 Å². The van der Waals surface area contributed by atoms with E-state index in [9.17, 15) is 43.9 Å². The van der Waals surface area contributed by atoms with Gasteiger partial charge >= 0.3 is 24.3 Å². The fourth-order valence-corrected chi connectivity index (χ4v) is 1.84. The molecule has 0 aromatic heterocycles. The highest BCUT2D eigenvalue weighted by Gasteiger charge is 2.65. The number of rotatable bonds is 2. The lowest BCUT2D eigenvalue weighted by atomic mass is 10.1. The molecule has 0 spiro atoms. The maximum atomic E-state index is 13.8. The minimum atomic E-state index is -6.07. The zero-order chi connectivity index (χ0) is 16.6. The maximum Gasteiger partial charge on any atom is 0.460 e. The van der Waals surface area contributed by atoms with Gasteiger partial charge in [0.2, 0.25) is 5.83 Å². The van der Waals surface area contributed by atoms with Crippen LogP contribution in [0.15, 0.2) is 11.9 Å². The molecule has 1 heterocycles. The van der Waals surface area contributed by atoms with Crippen molar-refractivity contribution in [2.75, 3.05) is 26.2 Å². The highest BCUT2D eigenvalue weighted by atomic mass is 19.4. The van der Waals surface area contributed by atoms with E-state index >= 15 is 0 Å². The van der Waals surface area contributed by atoms with Crippen molar-refractivity contribution in [1.29, 1.82) is 0 Å². The van der Waals surface area contributed by atoms with E-state index in [1.165, 1.54) is 0 Å². The largest absolute Gasteiger partial charge is 0.460 e. The number of alkyl halides is 7. The van der Waals surface area contributed by atoms with Crippen molar-refractivity contribution >= 4 is 0 Å². The van der Waals surface area contributed by atoms with Gasteiger partial charge in [0.1, 0.15) is 0 Å². The van der Waals surface area contributed by atoms with Gasteiger partial charge in [-0.1, -0.05) is 0 Å². The molecular weight excluding hydrogens is 326 g/mol. The summed E-state index contributed by atoms with van der Waals surface area (Å²) in [4.78, 5) is -0.655. The molecule has 0 aromatic carbocycles. The topological polar surface area (TPSA) is 6.48 Å². The van der Waals surface area contributed by atoms with E-state index in [1.54, 1.807) is 0 Å². The monoisotopic (exact) mass is 334 g/mol. The predicted octanol–water partition coefficient (Wildman–Crippen LogP) is 3.43. The molecule has 0 radical (unpaired) electrons. The van der Waals surface area contributed by atoms with Crippen molar-refractivity contribution < 1.29 is 43.9 Å². The van der Waals surface area contributed by atoms with Gasteiger partial charge in [-0.3, -0.25) is 4.90 Å². The molecule has 1 fully saturated rings. The van der Waals surface area contributed by atoms with Gasteiger partial charge in [0, 0.05) is 26.2 Å². The van der Waals surface area contributed by atoms with Crippen LogP contribution >= 0.6 is 0 Å². The molecule has 1 rings (SSSR count). The fraction of sp³-hybridized carbons (Fsp3) is 0.778. The van der Waals surface area contributed by atoms with Crippen LogP contribution in [0, 0.1) is 0 Å². The van der Waals surface area contributed by atoms with Crippen molar-refractivity contribution in [3.63, 3.8) is 0 Å². The Morgan fingerprint density at radius 3 is 1.33 bits per heavy atom. The summed E-state index contributed by atoms with van der Waals surface area (Å²) < 4.78 is 125. The van der Waals surface area contributed by atoms with Crippen LogP contribution in [0.1, 0.15) is 0 Å². The van der Waals surface area contributed by atoms with Gasteiger partial charge in [-0.2, -0.15) is 35.1 Å². The van der Waals surface area contributed by atoms with Crippen LogP contribution in [0.4, 0.5) is 43.9 Å². The van der Waals surface area contributed by atoms with Gasteiger partial charge in [0.15, 0.2) is 0 Å². The fourth-order valence-electron chi connectivity index (χ4n) is 1.84. The Bertz CT molecular complexity index is 402. The number of halogens is 10. The zero-order valence-corrected chi connectivity index (χ0v) is 10.0. The first-order chi connectivity index (χ1) is 9.31. The average Bonchev–Trinajstić information content (AvgIpc) is 2.34. The maximum absolute atomic E-state index is 13.8. The van der Waals surface area contributed by atoms with E-state index in [4.69, 9.17) is 0 Å². The van der Waals surface area contributed by atoms with Crippen molar-refractivity contribution in [2.45, 2.75) is 18.3 Å². The minimum Gasteiger partial charge on any atom is -0.255 e. The molecular formula is C9H8F10N2. The van der Waals surface area contributed by atoms with Crippen LogP contribution in [0.3, 0.4) is 0 Å². The Labute approximate surface area is 111 Å². The van der Waals surface area contributed by atoms with E-state index in [0.29, 0.717) is 0 Å². The lowest BCUT2D eigenvalue weighted by Gasteiger charge is -2.42. The Morgan fingerprint density at radius 2 is 1.05 bits per heavy atom. The van der Waals surface area contributed by atoms with Crippen LogP contribution in [-0.2, 0) is 0 Å². The van der Waals surface area contributed by atoms with Crippen molar-refractivity contribution in [3.05, 3.63) is 11.9 Å². The van der Waals surface area contributed by atoms with Crippen LogP contribution in [0.5, 0.6) is 0 Å². The van der Waals surface area contributed by atoms with E-state index in [2.05, 4.69) is 0 Å². The van der Waals surface area contributed by atoms with E-state index in [0.717, 1.165) is 0 Å². The molecule has 0 bridgehead atoms. The van der Waals surface area contributed by atoms with E-state index < -0.39 is 61.3 Å². The molecule has 124 valence electrons. The summed E-state index contributed by atoms with van der Waals surface area (Å²) in [6, 6.07) is 0. The number of hydrogen-bond donors (Lipinski definition) is 0. The molecule has 1 aliphatic rings. The molecule has 12 heteroatoms. The molecule has 0 N–H and O–H groups in total.